The zero-order valence-corrected chi connectivity index (χ0v) is 10.8. The number of thiophene rings is 1. The van der Waals surface area contributed by atoms with E-state index in [2.05, 4.69) is 5.32 Å². The second-order valence-corrected chi connectivity index (χ2v) is 4.77. The van der Waals surface area contributed by atoms with Gasteiger partial charge >= 0.3 is 0 Å². The molecule has 1 N–H and O–H groups in total. The SMILES string of the molecule is Cl.O=C(Cc1cccs1)N1CCCNCC1. The van der Waals surface area contributed by atoms with Crippen molar-refractivity contribution in [2.75, 3.05) is 26.2 Å². The summed E-state index contributed by atoms with van der Waals surface area (Å²) in [5, 5.41) is 5.32. The van der Waals surface area contributed by atoms with Crippen LogP contribution < -0.4 is 5.32 Å². The van der Waals surface area contributed by atoms with E-state index in [1.165, 1.54) is 0 Å². The Kier molecular flexibility index (Phi) is 5.80. The minimum atomic E-state index is 0. The van der Waals surface area contributed by atoms with Crippen LogP contribution >= 0.6 is 23.7 Å². The third-order valence-corrected chi connectivity index (χ3v) is 3.47. The summed E-state index contributed by atoms with van der Waals surface area (Å²) in [5.41, 5.74) is 0. The number of amides is 1. The molecule has 5 heteroatoms. The molecule has 0 atom stereocenters. The number of nitrogens with one attached hydrogen (secondary N) is 1. The maximum Gasteiger partial charge on any atom is 0.227 e. The van der Waals surface area contributed by atoms with Crippen molar-refractivity contribution in [2.45, 2.75) is 12.8 Å². The Hall–Kier alpha value is -0.580. The van der Waals surface area contributed by atoms with Crippen molar-refractivity contribution in [1.29, 1.82) is 0 Å². The molecule has 16 heavy (non-hydrogen) atoms. The molecular weight excluding hydrogens is 244 g/mol. The summed E-state index contributed by atoms with van der Waals surface area (Å²) in [4.78, 5) is 15.1. The minimum absolute atomic E-state index is 0. The molecule has 0 bridgehead atoms. The second kappa shape index (κ2) is 6.89. The first-order valence-corrected chi connectivity index (χ1v) is 6.25. The number of hydrogen-bond donors (Lipinski definition) is 1. The molecule has 0 aromatic carbocycles. The summed E-state index contributed by atoms with van der Waals surface area (Å²) < 4.78 is 0. The highest BCUT2D eigenvalue weighted by Gasteiger charge is 2.15. The average Bonchev–Trinajstić information content (AvgIpc) is 2.58. The molecule has 0 radical (unpaired) electrons. The molecule has 0 saturated carbocycles. The number of rotatable bonds is 2. The summed E-state index contributed by atoms with van der Waals surface area (Å²) in [6.45, 7) is 3.71. The van der Waals surface area contributed by atoms with E-state index in [-0.39, 0.29) is 18.3 Å². The molecular formula is C11H17ClN2OS. The fourth-order valence-corrected chi connectivity index (χ4v) is 2.47. The van der Waals surface area contributed by atoms with Gasteiger partial charge < -0.3 is 10.2 Å². The normalized spacial score (nSPS) is 16.4. The fourth-order valence-electron chi connectivity index (χ4n) is 1.77. The standard InChI is InChI=1S/C11H16N2OS.ClH/c14-11(9-10-3-1-8-15-10)13-6-2-4-12-5-7-13;/h1,3,8,12H,2,4-7,9H2;1H. The first-order valence-electron chi connectivity index (χ1n) is 5.37. The van der Waals surface area contributed by atoms with Crippen LogP contribution in [0.2, 0.25) is 0 Å². The zero-order valence-electron chi connectivity index (χ0n) is 9.15. The van der Waals surface area contributed by atoms with Crippen LogP contribution in [0.3, 0.4) is 0 Å². The van der Waals surface area contributed by atoms with Crippen LogP contribution in [0.5, 0.6) is 0 Å². The van der Waals surface area contributed by atoms with Crippen LogP contribution in [0.25, 0.3) is 0 Å². The Bertz CT molecular complexity index is 308. The van der Waals surface area contributed by atoms with Gasteiger partial charge in [-0.15, -0.1) is 23.7 Å². The minimum Gasteiger partial charge on any atom is -0.341 e. The summed E-state index contributed by atoms with van der Waals surface area (Å²) in [6.07, 6.45) is 1.63. The summed E-state index contributed by atoms with van der Waals surface area (Å²) in [6, 6.07) is 4.02. The summed E-state index contributed by atoms with van der Waals surface area (Å²) >= 11 is 1.66. The predicted molar refractivity (Wildman–Crippen MR) is 69.3 cm³/mol. The number of hydrogen-bond acceptors (Lipinski definition) is 3. The number of carbonyl (C=O) groups excluding carboxylic acids is 1. The molecule has 90 valence electrons. The van der Waals surface area contributed by atoms with E-state index in [1.54, 1.807) is 11.3 Å². The van der Waals surface area contributed by atoms with Gasteiger partial charge in [-0.1, -0.05) is 6.07 Å². The molecule has 0 aliphatic carbocycles. The van der Waals surface area contributed by atoms with Gasteiger partial charge in [0.2, 0.25) is 5.91 Å². The third kappa shape index (κ3) is 3.77. The van der Waals surface area contributed by atoms with Crippen LogP contribution in [-0.4, -0.2) is 37.0 Å². The van der Waals surface area contributed by atoms with Gasteiger partial charge in [0.15, 0.2) is 0 Å². The molecule has 1 amide bonds. The van der Waals surface area contributed by atoms with E-state index in [0.29, 0.717) is 6.42 Å². The van der Waals surface area contributed by atoms with Crippen molar-refractivity contribution < 1.29 is 4.79 Å². The predicted octanol–water partition coefficient (Wildman–Crippen LogP) is 1.53. The molecule has 1 aliphatic heterocycles. The zero-order chi connectivity index (χ0) is 10.5. The Labute approximate surface area is 106 Å². The molecule has 3 nitrogen and oxygen atoms in total. The number of halogens is 1. The van der Waals surface area contributed by atoms with E-state index >= 15 is 0 Å². The lowest BCUT2D eigenvalue weighted by Crippen LogP contribution is -2.35. The Balaban J connectivity index is 0.00000128. The molecule has 2 heterocycles. The van der Waals surface area contributed by atoms with Gasteiger partial charge in [-0.2, -0.15) is 0 Å². The summed E-state index contributed by atoms with van der Waals surface area (Å²) in [5.74, 6) is 0.265. The first kappa shape index (κ1) is 13.5. The topological polar surface area (TPSA) is 32.3 Å². The van der Waals surface area contributed by atoms with E-state index < -0.39 is 0 Å². The van der Waals surface area contributed by atoms with Crippen LogP contribution in [0.1, 0.15) is 11.3 Å². The fraction of sp³-hybridized carbons (Fsp3) is 0.545. The molecule has 1 aliphatic rings. The van der Waals surface area contributed by atoms with Crippen LogP contribution in [0.15, 0.2) is 17.5 Å². The maximum atomic E-state index is 11.9. The van der Waals surface area contributed by atoms with Crippen molar-refractivity contribution in [3.05, 3.63) is 22.4 Å². The van der Waals surface area contributed by atoms with Gasteiger partial charge in [-0.25, -0.2) is 0 Å². The maximum absolute atomic E-state index is 11.9. The molecule has 0 unspecified atom stereocenters. The van der Waals surface area contributed by atoms with E-state index in [0.717, 1.165) is 37.5 Å². The van der Waals surface area contributed by atoms with Gasteiger partial charge in [-0.3, -0.25) is 4.79 Å². The van der Waals surface area contributed by atoms with Gasteiger partial charge in [0.05, 0.1) is 6.42 Å². The Morgan fingerprint density at radius 1 is 1.44 bits per heavy atom. The molecule has 1 fully saturated rings. The van der Waals surface area contributed by atoms with E-state index in [4.69, 9.17) is 0 Å². The van der Waals surface area contributed by atoms with Crippen LogP contribution in [-0.2, 0) is 11.2 Å². The van der Waals surface area contributed by atoms with Crippen molar-refractivity contribution in [3.63, 3.8) is 0 Å². The second-order valence-electron chi connectivity index (χ2n) is 3.74. The van der Waals surface area contributed by atoms with Crippen molar-refractivity contribution in [2.24, 2.45) is 0 Å². The quantitative estimate of drug-likeness (QED) is 0.875. The highest BCUT2D eigenvalue weighted by Crippen LogP contribution is 2.11. The van der Waals surface area contributed by atoms with Gasteiger partial charge in [-0.05, 0) is 24.4 Å². The average molecular weight is 261 g/mol. The van der Waals surface area contributed by atoms with Crippen LogP contribution in [0, 0.1) is 0 Å². The molecule has 2 rings (SSSR count). The van der Waals surface area contributed by atoms with Gasteiger partial charge in [0, 0.05) is 24.5 Å². The monoisotopic (exact) mass is 260 g/mol. The van der Waals surface area contributed by atoms with Crippen molar-refractivity contribution in [3.8, 4) is 0 Å². The smallest absolute Gasteiger partial charge is 0.227 e. The Morgan fingerprint density at radius 2 is 2.31 bits per heavy atom. The largest absolute Gasteiger partial charge is 0.341 e. The van der Waals surface area contributed by atoms with E-state index in [1.807, 2.05) is 22.4 Å². The molecule has 0 spiro atoms. The summed E-state index contributed by atoms with van der Waals surface area (Å²) in [7, 11) is 0. The van der Waals surface area contributed by atoms with E-state index in [9.17, 15) is 4.79 Å². The number of nitrogens with zero attached hydrogens (tertiary/aromatic N) is 1. The highest BCUT2D eigenvalue weighted by atomic mass is 35.5. The van der Waals surface area contributed by atoms with Crippen molar-refractivity contribution >= 4 is 29.7 Å². The molecule has 1 saturated heterocycles. The lowest BCUT2D eigenvalue weighted by atomic mass is 10.3. The third-order valence-electron chi connectivity index (χ3n) is 2.60. The van der Waals surface area contributed by atoms with Crippen molar-refractivity contribution in [1.82, 2.24) is 10.2 Å². The number of carbonyl (C=O) groups is 1. The van der Waals surface area contributed by atoms with Gasteiger partial charge in [0.1, 0.15) is 0 Å². The van der Waals surface area contributed by atoms with Gasteiger partial charge in [0.25, 0.3) is 0 Å². The Morgan fingerprint density at radius 3 is 3.06 bits per heavy atom. The molecule has 1 aromatic rings. The van der Waals surface area contributed by atoms with Crippen LogP contribution in [0.4, 0.5) is 0 Å². The first-order chi connectivity index (χ1) is 7.36. The molecule has 1 aromatic heterocycles. The lowest BCUT2D eigenvalue weighted by Gasteiger charge is -2.19. The highest BCUT2D eigenvalue weighted by molar-refractivity contribution is 7.10. The lowest BCUT2D eigenvalue weighted by molar-refractivity contribution is -0.130.